The Morgan fingerprint density at radius 2 is 2.18 bits per heavy atom. The van der Waals surface area contributed by atoms with Crippen LogP contribution in [0.1, 0.15) is 19.7 Å². The molecule has 7 nitrogen and oxygen atoms in total. The van der Waals surface area contributed by atoms with Crippen molar-refractivity contribution in [3.8, 4) is 0 Å². The van der Waals surface area contributed by atoms with E-state index < -0.39 is 17.4 Å². The number of urea groups is 1. The number of carbonyl (C=O) groups is 2. The molecule has 0 spiro atoms. The average molecular weight is 240 g/mol. The van der Waals surface area contributed by atoms with Crippen molar-refractivity contribution >= 4 is 12.0 Å². The number of nitrogens with zero attached hydrogens (tertiary/aromatic N) is 1. The molecule has 0 atom stereocenters. The highest BCUT2D eigenvalue weighted by Crippen LogP contribution is 2.12. The molecular formula is C10H16N4O3. The molecule has 17 heavy (non-hydrogen) atoms. The zero-order chi connectivity index (χ0) is 12.9. The summed E-state index contributed by atoms with van der Waals surface area (Å²) in [6, 6.07) is -0.421. The number of carbonyl (C=O) groups excluding carboxylic acids is 1. The van der Waals surface area contributed by atoms with Gasteiger partial charge < -0.3 is 20.7 Å². The Labute approximate surface area is 98.6 Å². The Morgan fingerprint density at radius 3 is 2.71 bits per heavy atom. The summed E-state index contributed by atoms with van der Waals surface area (Å²) in [5.41, 5.74) is -0.984. The van der Waals surface area contributed by atoms with Gasteiger partial charge in [0, 0.05) is 18.9 Å². The number of rotatable bonds is 5. The van der Waals surface area contributed by atoms with Gasteiger partial charge in [0.05, 0.1) is 12.0 Å². The van der Waals surface area contributed by atoms with Crippen LogP contribution >= 0.6 is 0 Å². The number of carboxylic acids is 1. The molecule has 0 bridgehead atoms. The lowest BCUT2D eigenvalue weighted by Crippen LogP contribution is -2.43. The number of nitrogens with one attached hydrogen (secondary N) is 3. The van der Waals surface area contributed by atoms with E-state index in [1.807, 2.05) is 0 Å². The molecule has 1 heterocycles. The van der Waals surface area contributed by atoms with Gasteiger partial charge in [0.2, 0.25) is 0 Å². The van der Waals surface area contributed by atoms with Gasteiger partial charge in [-0.1, -0.05) is 0 Å². The number of H-pyrrole nitrogens is 1. The molecular weight excluding hydrogens is 224 g/mol. The maximum Gasteiger partial charge on any atom is 0.315 e. The largest absolute Gasteiger partial charge is 0.481 e. The molecule has 0 aliphatic rings. The molecule has 1 rings (SSSR count). The van der Waals surface area contributed by atoms with E-state index in [2.05, 4.69) is 20.6 Å². The lowest BCUT2D eigenvalue weighted by atomic mass is 9.94. The fourth-order valence-electron chi connectivity index (χ4n) is 0.998. The van der Waals surface area contributed by atoms with Crippen molar-refractivity contribution in [1.29, 1.82) is 0 Å². The molecule has 1 aromatic rings. The van der Waals surface area contributed by atoms with Crippen LogP contribution in [0.25, 0.3) is 0 Å². The summed E-state index contributed by atoms with van der Waals surface area (Å²) >= 11 is 0. The zero-order valence-electron chi connectivity index (χ0n) is 9.78. The minimum atomic E-state index is -0.984. The molecule has 94 valence electrons. The van der Waals surface area contributed by atoms with Crippen LogP contribution in [0, 0.1) is 5.41 Å². The number of carboxylic acid groups (broad SMARTS) is 1. The van der Waals surface area contributed by atoms with Crippen molar-refractivity contribution in [1.82, 2.24) is 20.6 Å². The molecule has 0 unspecified atom stereocenters. The quantitative estimate of drug-likeness (QED) is 0.594. The third kappa shape index (κ3) is 4.13. The van der Waals surface area contributed by atoms with Gasteiger partial charge in [0.15, 0.2) is 0 Å². The van der Waals surface area contributed by atoms with Gasteiger partial charge in [-0.05, 0) is 13.8 Å². The highest BCUT2D eigenvalue weighted by atomic mass is 16.4. The third-order valence-electron chi connectivity index (χ3n) is 2.24. The van der Waals surface area contributed by atoms with E-state index in [-0.39, 0.29) is 13.1 Å². The summed E-state index contributed by atoms with van der Waals surface area (Å²) in [6.45, 7) is 3.42. The molecule has 0 aliphatic heterocycles. The SMILES string of the molecule is CC(C)(CNC(=O)NCc1ncc[nH]1)C(=O)O. The highest BCUT2D eigenvalue weighted by molar-refractivity contribution is 5.77. The topological polar surface area (TPSA) is 107 Å². The van der Waals surface area contributed by atoms with E-state index in [0.29, 0.717) is 5.82 Å². The maximum absolute atomic E-state index is 11.4. The normalized spacial score (nSPS) is 10.9. The van der Waals surface area contributed by atoms with E-state index >= 15 is 0 Å². The van der Waals surface area contributed by atoms with Gasteiger partial charge in [-0.3, -0.25) is 4.79 Å². The molecule has 1 aromatic heterocycles. The first-order chi connectivity index (χ1) is 7.92. The number of hydrogen-bond acceptors (Lipinski definition) is 3. The van der Waals surface area contributed by atoms with Crippen LogP contribution < -0.4 is 10.6 Å². The van der Waals surface area contributed by atoms with Crippen LogP contribution in [0.5, 0.6) is 0 Å². The predicted molar refractivity (Wildman–Crippen MR) is 60.2 cm³/mol. The van der Waals surface area contributed by atoms with Crippen molar-refractivity contribution in [2.24, 2.45) is 5.41 Å². The summed E-state index contributed by atoms with van der Waals surface area (Å²) in [4.78, 5) is 28.9. The molecule has 0 fully saturated rings. The van der Waals surface area contributed by atoms with Gasteiger partial charge in [0.25, 0.3) is 0 Å². The summed E-state index contributed by atoms with van der Waals surface area (Å²) in [5.74, 6) is -0.318. The molecule has 0 aromatic carbocycles. The summed E-state index contributed by atoms with van der Waals surface area (Å²) < 4.78 is 0. The van der Waals surface area contributed by atoms with E-state index in [9.17, 15) is 9.59 Å². The summed E-state index contributed by atoms with van der Waals surface area (Å²) in [6.07, 6.45) is 3.24. The molecule has 0 aliphatic carbocycles. The van der Waals surface area contributed by atoms with E-state index in [4.69, 9.17) is 5.11 Å². The number of imidazole rings is 1. The van der Waals surface area contributed by atoms with Crippen molar-refractivity contribution < 1.29 is 14.7 Å². The van der Waals surface area contributed by atoms with Crippen molar-refractivity contribution in [3.05, 3.63) is 18.2 Å². The standard InChI is InChI=1S/C10H16N4O3/c1-10(2,8(15)16)6-14-9(17)13-5-7-11-3-4-12-7/h3-4H,5-6H2,1-2H3,(H,11,12)(H,15,16)(H2,13,14,17). The second kappa shape index (κ2) is 5.33. The Bertz CT molecular complexity index is 386. The lowest BCUT2D eigenvalue weighted by Gasteiger charge is -2.19. The molecule has 4 N–H and O–H groups in total. The molecule has 0 radical (unpaired) electrons. The second-order valence-corrected chi connectivity index (χ2v) is 4.26. The first kappa shape index (κ1) is 13.0. The van der Waals surface area contributed by atoms with Gasteiger partial charge >= 0.3 is 12.0 Å². The fourth-order valence-corrected chi connectivity index (χ4v) is 0.998. The maximum atomic E-state index is 11.4. The van der Waals surface area contributed by atoms with Crippen LogP contribution in [-0.2, 0) is 11.3 Å². The van der Waals surface area contributed by atoms with Crippen molar-refractivity contribution in [3.63, 3.8) is 0 Å². The monoisotopic (exact) mass is 240 g/mol. The first-order valence-electron chi connectivity index (χ1n) is 5.15. The number of aliphatic carboxylic acids is 1. The Morgan fingerprint density at radius 1 is 1.47 bits per heavy atom. The Balaban J connectivity index is 2.28. The number of hydrogen-bond donors (Lipinski definition) is 4. The zero-order valence-corrected chi connectivity index (χ0v) is 9.78. The second-order valence-electron chi connectivity index (χ2n) is 4.26. The summed E-state index contributed by atoms with van der Waals surface area (Å²) in [7, 11) is 0. The van der Waals surface area contributed by atoms with Crippen LogP contribution in [0.3, 0.4) is 0 Å². The van der Waals surface area contributed by atoms with Crippen LogP contribution in [0.4, 0.5) is 4.79 Å². The molecule has 7 heteroatoms. The Hall–Kier alpha value is -2.05. The van der Waals surface area contributed by atoms with Gasteiger partial charge in [0.1, 0.15) is 5.82 Å². The van der Waals surface area contributed by atoms with Gasteiger partial charge in [-0.25, -0.2) is 9.78 Å². The van der Waals surface area contributed by atoms with Crippen molar-refractivity contribution in [2.45, 2.75) is 20.4 Å². The van der Waals surface area contributed by atoms with Gasteiger partial charge in [-0.2, -0.15) is 0 Å². The van der Waals surface area contributed by atoms with E-state index in [1.165, 1.54) is 0 Å². The summed E-state index contributed by atoms with van der Waals surface area (Å²) in [5, 5.41) is 13.9. The average Bonchev–Trinajstić information content (AvgIpc) is 2.76. The van der Waals surface area contributed by atoms with Gasteiger partial charge in [-0.15, -0.1) is 0 Å². The fraction of sp³-hybridized carbons (Fsp3) is 0.500. The van der Waals surface area contributed by atoms with Crippen LogP contribution in [0.2, 0.25) is 0 Å². The van der Waals surface area contributed by atoms with Crippen molar-refractivity contribution in [2.75, 3.05) is 6.54 Å². The molecule has 0 saturated heterocycles. The minimum absolute atomic E-state index is 0.0618. The smallest absolute Gasteiger partial charge is 0.315 e. The number of amides is 2. The predicted octanol–water partition coefficient (Wildman–Crippen LogP) is 0.320. The number of aromatic nitrogens is 2. The number of aromatic amines is 1. The molecule has 2 amide bonds. The lowest BCUT2D eigenvalue weighted by molar-refractivity contribution is -0.146. The third-order valence-corrected chi connectivity index (χ3v) is 2.24. The molecule has 0 saturated carbocycles. The first-order valence-corrected chi connectivity index (χ1v) is 5.15. The van der Waals surface area contributed by atoms with E-state index in [0.717, 1.165) is 0 Å². The Kier molecular flexibility index (Phi) is 4.08. The highest BCUT2D eigenvalue weighted by Gasteiger charge is 2.27. The van der Waals surface area contributed by atoms with E-state index in [1.54, 1.807) is 26.2 Å². The van der Waals surface area contributed by atoms with Crippen LogP contribution in [-0.4, -0.2) is 33.6 Å². The minimum Gasteiger partial charge on any atom is -0.481 e. The van der Waals surface area contributed by atoms with Crippen LogP contribution in [0.15, 0.2) is 12.4 Å².